The number of carbonyl (C=O) groups is 3. The lowest BCUT2D eigenvalue weighted by Crippen LogP contribution is -2.06. The van der Waals surface area contributed by atoms with Crippen LogP contribution in [0.15, 0.2) is 18.2 Å². The van der Waals surface area contributed by atoms with Gasteiger partial charge in [0.1, 0.15) is 0 Å². The molecular weight excluding hydrogens is 196 g/mol. The minimum atomic E-state index is -0.649. The Balaban J connectivity index is 3.21. The smallest absolute Gasteiger partial charge is 0.337 e. The molecule has 0 fully saturated rings. The summed E-state index contributed by atoms with van der Waals surface area (Å²) >= 11 is 0. The number of hydrogen-bond acceptors (Lipinski definition) is 4. The molecule has 0 atom stereocenters. The predicted octanol–water partition coefficient (Wildman–Crippen LogP) is 1.16. The highest BCUT2D eigenvalue weighted by atomic mass is 16.5. The first-order chi connectivity index (χ1) is 7.08. The van der Waals surface area contributed by atoms with E-state index in [1.807, 2.05) is 0 Å². The van der Waals surface area contributed by atoms with Crippen molar-refractivity contribution in [2.45, 2.75) is 6.92 Å². The molecule has 15 heavy (non-hydrogen) atoms. The van der Waals surface area contributed by atoms with Crippen molar-refractivity contribution in [1.29, 1.82) is 0 Å². The predicted molar refractivity (Wildman–Crippen MR) is 52.9 cm³/mol. The fourth-order valence-electron chi connectivity index (χ4n) is 1.23. The summed E-state index contributed by atoms with van der Waals surface area (Å²) in [5, 5.41) is 0. The van der Waals surface area contributed by atoms with Gasteiger partial charge in [0.25, 0.3) is 0 Å². The number of aldehydes is 1. The summed E-state index contributed by atoms with van der Waals surface area (Å²) < 4.78 is 4.52. The lowest BCUT2D eigenvalue weighted by Gasteiger charge is -2.03. The first-order valence-electron chi connectivity index (χ1n) is 4.28. The Hall–Kier alpha value is -1.97. The molecule has 0 radical (unpaired) electrons. The van der Waals surface area contributed by atoms with Crippen molar-refractivity contribution in [2.75, 3.05) is 7.11 Å². The van der Waals surface area contributed by atoms with Gasteiger partial charge in [-0.3, -0.25) is 9.59 Å². The van der Waals surface area contributed by atoms with Crippen LogP contribution in [-0.2, 0) is 9.53 Å². The van der Waals surface area contributed by atoms with Crippen molar-refractivity contribution in [1.82, 2.24) is 0 Å². The fourth-order valence-corrected chi connectivity index (χ4v) is 1.23. The van der Waals surface area contributed by atoms with E-state index < -0.39 is 11.8 Å². The molecule has 0 aliphatic rings. The Morgan fingerprint density at radius 1 is 1.20 bits per heavy atom. The van der Waals surface area contributed by atoms with Gasteiger partial charge in [0, 0.05) is 5.56 Å². The number of esters is 1. The summed E-state index contributed by atoms with van der Waals surface area (Å²) in [4.78, 5) is 32.6. The third-order valence-corrected chi connectivity index (χ3v) is 1.89. The van der Waals surface area contributed by atoms with E-state index in [4.69, 9.17) is 0 Å². The van der Waals surface area contributed by atoms with Crippen LogP contribution in [0.3, 0.4) is 0 Å². The maximum absolute atomic E-state index is 11.2. The molecular formula is C11H10O4. The van der Waals surface area contributed by atoms with Gasteiger partial charge in [0.2, 0.25) is 5.78 Å². The molecule has 0 bridgehead atoms. The van der Waals surface area contributed by atoms with Gasteiger partial charge >= 0.3 is 5.97 Å². The van der Waals surface area contributed by atoms with Crippen LogP contribution in [0.4, 0.5) is 0 Å². The highest BCUT2D eigenvalue weighted by molar-refractivity contribution is 6.33. The van der Waals surface area contributed by atoms with Crippen molar-refractivity contribution in [3.63, 3.8) is 0 Å². The van der Waals surface area contributed by atoms with E-state index in [2.05, 4.69) is 4.74 Å². The standard InChI is InChI=1S/C11H10O4/c1-7-3-8(10(13)6-12)5-9(4-7)11(14)15-2/h3-6H,1-2H3. The lowest BCUT2D eigenvalue weighted by atomic mass is 10.0. The summed E-state index contributed by atoms with van der Waals surface area (Å²) in [5.74, 6) is -1.18. The molecule has 0 aliphatic heterocycles. The van der Waals surface area contributed by atoms with Gasteiger partial charge in [0.15, 0.2) is 6.29 Å². The molecule has 0 aliphatic carbocycles. The molecule has 0 spiro atoms. The number of Topliss-reactive ketones (excluding diaryl/α,β-unsaturated/α-hetero) is 1. The summed E-state index contributed by atoms with van der Waals surface area (Å²) in [6.07, 6.45) is 0.218. The molecule has 4 heteroatoms. The Labute approximate surface area is 86.9 Å². The van der Waals surface area contributed by atoms with Gasteiger partial charge in [-0.1, -0.05) is 0 Å². The number of methoxy groups -OCH3 is 1. The normalized spacial score (nSPS) is 9.47. The van der Waals surface area contributed by atoms with Crippen LogP contribution in [0.1, 0.15) is 26.3 Å². The zero-order chi connectivity index (χ0) is 11.4. The Bertz CT molecular complexity index is 421. The molecule has 1 aromatic rings. The number of hydrogen-bond donors (Lipinski definition) is 0. The second-order valence-electron chi connectivity index (χ2n) is 3.06. The molecule has 0 saturated heterocycles. The molecule has 0 amide bonds. The SMILES string of the molecule is COC(=O)c1cc(C)cc(C(=O)C=O)c1. The largest absolute Gasteiger partial charge is 0.465 e. The Morgan fingerprint density at radius 3 is 2.33 bits per heavy atom. The molecule has 0 aromatic heterocycles. The number of ketones is 1. The molecule has 4 nitrogen and oxygen atoms in total. The van der Waals surface area contributed by atoms with Gasteiger partial charge in [-0.15, -0.1) is 0 Å². The van der Waals surface area contributed by atoms with Crippen LogP contribution in [0.2, 0.25) is 0 Å². The first-order valence-corrected chi connectivity index (χ1v) is 4.28. The van der Waals surface area contributed by atoms with E-state index >= 15 is 0 Å². The lowest BCUT2D eigenvalue weighted by molar-refractivity contribution is -0.104. The van der Waals surface area contributed by atoms with Crippen LogP contribution in [0, 0.1) is 6.92 Å². The van der Waals surface area contributed by atoms with E-state index in [-0.39, 0.29) is 17.4 Å². The van der Waals surface area contributed by atoms with E-state index in [1.165, 1.54) is 13.2 Å². The zero-order valence-electron chi connectivity index (χ0n) is 8.44. The molecule has 1 rings (SSSR count). The second-order valence-corrected chi connectivity index (χ2v) is 3.06. The maximum Gasteiger partial charge on any atom is 0.337 e. The topological polar surface area (TPSA) is 60.4 Å². The van der Waals surface area contributed by atoms with Crippen LogP contribution >= 0.6 is 0 Å². The minimum Gasteiger partial charge on any atom is -0.465 e. The van der Waals surface area contributed by atoms with E-state index in [0.29, 0.717) is 0 Å². The number of carbonyl (C=O) groups excluding carboxylic acids is 3. The molecule has 0 heterocycles. The zero-order valence-corrected chi connectivity index (χ0v) is 8.44. The highest BCUT2D eigenvalue weighted by Gasteiger charge is 2.11. The molecule has 78 valence electrons. The Morgan fingerprint density at radius 2 is 1.80 bits per heavy atom. The van der Waals surface area contributed by atoms with Crippen molar-refractivity contribution in [3.8, 4) is 0 Å². The van der Waals surface area contributed by atoms with Gasteiger partial charge < -0.3 is 4.74 Å². The summed E-state index contributed by atoms with van der Waals surface area (Å²) in [6.45, 7) is 1.73. The number of ether oxygens (including phenoxy) is 1. The number of rotatable bonds is 3. The van der Waals surface area contributed by atoms with Gasteiger partial charge in [0.05, 0.1) is 12.7 Å². The molecule has 0 unspecified atom stereocenters. The van der Waals surface area contributed by atoms with Gasteiger partial charge in [-0.25, -0.2) is 4.79 Å². The summed E-state index contributed by atoms with van der Waals surface area (Å²) in [7, 11) is 1.26. The van der Waals surface area contributed by atoms with Gasteiger partial charge in [-0.05, 0) is 30.7 Å². The number of benzene rings is 1. The van der Waals surface area contributed by atoms with Crippen molar-refractivity contribution >= 4 is 18.0 Å². The molecule has 0 N–H and O–H groups in total. The molecule has 1 aromatic carbocycles. The van der Waals surface area contributed by atoms with Crippen molar-refractivity contribution < 1.29 is 19.1 Å². The van der Waals surface area contributed by atoms with Crippen LogP contribution < -0.4 is 0 Å². The first kappa shape index (κ1) is 11.1. The van der Waals surface area contributed by atoms with Crippen LogP contribution in [0.5, 0.6) is 0 Å². The number of aryl methyl sites for hydroxylation is 1. The van der Waals surface area contributed by atoms with Gasteiger partial charge in [-0.2, -0.15) is 0 Å². The second kappa shape index (κ2) is 4.50. The third kappa shape index (κ3) is 2.49. The quantitative estimate of drug-likeness (QED) is 0.322. The Kier molecular flexibility index (Phi) is 3.33. The van der Waals surface area contributed by atoms with Crippen molar-refractivity contribution in [2.24, 2.45) is 0 Å². The third-order valence-electron chi connectivity index (χ3n) is 1.89. The van der Waals surface area contributed by atoms with Crippen LogP contribution in [0.25, 0.3) is 0 Å². The average Bonchev–Trinajstić information content (AvgIpc) is 2.26. The average molecular weight is 206 g/mol. The molecule has 0 saturated carbocycles. The van der Waals surface area contributed by atoms with Crippen LogP contribution in [-0.4, -0.2) is 25.1 Å². The summed E-state index contributed by atoms with van der Waals surface area (Å²) in [5.41, 5.74) is 1.19. The van der Waals surface area contributed by atoms with E-state index in [1.54, 1.807) is 19.1 Å². The summed E-state index contributed by atoms with van der Waals surface area (Å²) in [6, 6.07) is 4.48. The maximum atomic E-state index is 11.2. The van der Waals surface area contributed by atoms with Crippen molar-refractivity contribution in [3.05, 3.63) is 34.9 Å². The fraction of sp³-hybridized carbons (Fsp3) is 0.182. The van der Waals surface area contributed by atoms with E-state index in [0.717, 1.165) is 5.56 Å². The minimum absolute atomic E-state index is 0.199. The highest BCUT2D eigenvalue weighted by Crippen LogP contribution is 2.11. The monoisotopic (exact) mass is 206 g/mol. The van der Waals surface area contributed by atoms with E-state index in [9.17, 15) is 14.4 Å².